The van der Waals surface area contributed by atoms with Crippen molar-refractivity contribution < 1.29 is 56.8 Å². The summed E-state index contributed by atoms with van der Waals surface area (Å²) in [7, 11) is -4.60. The molecule has 0 spiro atoms. The highest BCUT2D eigenvalue weighted by atomic mass is 32.2. The summed E-state index contributed by atoms with van der Waals surface area (Å²) in [6, 6.07) is 0. The topological polar surface area (TPSA) is 186 Å². The SMILES string of the molecule is CCCCCCCCCCCCCCCC/C=C/CC/C=C/CCCC(=O)OC[C@H](CO[C@@H]1O[C@@H](CS(=O)(=O)O)[C@H](O)C(O)C1O)OC(=O)CCCCCCCCC. The first-order valence-electron chi connectivity index (χ1n) is 22.9. The molecule has 58 heavy (non-hydrogen) atoms. The molecule has 1 rings (SSSR count). The Morgan fingerprint density at radius 2 is 1.02 bits per heavy atom. The van der Waals surface area contributed by atoms with E-state index in [1.165, 1.54) is 96.3 Å². The predicted octanol–water partition coefficient (Wildman–Crippen LogP) is 9.23. The van der Waals surface area contributed by atoms with E-state index in [1.807, 2.05) is 0 Å². The van der Waals surface area contributed by atoms with Gasteiger partial charge in [-0.05, 0) is 44.9 Å². The second-order valence-electron chi connectivity index (χ2n) is 16.1. The molecule has 0 amide bonds. The van der Waals surface area contributed by atoms with Crippen LogP contribution in [0.5, 0.6) is 0 Å². The Kier molecular flexibility index (Phi) is 33.5. The van der Waals surface area contributed by atoms with Crippen LogP contribution in [-0.4, -0.2) is 96.0 Å². The largest absolute Gasteiger partial charge is 0.462 e. The van der Waals surface area contributed by atoms with Crippen molar-refractivity contribution in [3.63, 3.8) is 0 Å². The van der Waals surface area contributed by atoms with Crippen LogP contribution < -0.4 is 0 Å². The zero-order chi connectivity index (χ0) is 42.7. The van der Waals surface area contributed by atoms with Gasteiger partial charge in [0.2, 0.25) is 0 Å². The van der Waals surface area contributed by atoms with Crippen LogP contribution in [0.2, 0.25) is 0 Å². The van der Waals surface area contributed by atoms with Crippen LogP contribution in [0.15, 0.2) is 24.3 Å². The lowest BCUT2D eigenvalue weighted by molar-refractivity contribution is -0.297. The van der Waals surface area contributed by atoms with Gasteiger partial charge in [0.25, 0.3) is 10.1 Å². The molecule has 1 heterocycles. The number of aliphatic hydroxyl groups excluding tert-OH is 3. The minimum absolute atomic E-state index is 0.156. The summed E-state index contributed by atoms with van der Waals surface area (Å²) in [5, 5.41) is 30.7. The average molecular weight is 847 g/mol. The minimum atomic E-state index is -4.60. The first-order valence-corrected chi connectivity index (χ1v) is 24.5. The van der Waals surface area contributed by atoms with E-state index < -0.39 is 71.2 Å². The van der Waals surface area contributed by atoms with Gasteiger partial charge in [0, 0.05) is 12.8 Å². The highest BCUT2D eigenvalue weighted by Crippen LogP contribution is 2.24. The fourth-order valence-electron chi connectivity index (χ4n) is 6.93. The van der Waals surface area contributed by atoms with Gasteiger partial charge in [-0.2, -0.15) is 8.42 Å². The van der Waals surface area contributed by atoms with Crippen molar-refractivity contribution in [2.24, 2.45) is 0 Å². The second-order valence-corrected chi connectivity index (χ2v) is 17.6. The van der Waals surface area contributed by atoms with Gasteiger partial charge in [0.1, 0.15) is 36.8 Å². The zero-order valence-corrected chi connectivity index (χ0v) is 37.0. The van der Waals surface area contributed by atoms with Crippen LogP contribution in [0.1, 0.15) is 194 Å². The number of aliphatic hydroxyl groups is 3. The van der Waals surface area contributed by atoms with Crippen molar-refractivity contribution in [3.05, 3.63) is 24.3 Å². The van der Waals surface area contributed by atoms with Crippen LogP contribution in [0.4, 0.5) is 0 Å². The summed E-state index contributed by atoms with van der Waals surface area (Å²) >= 11 is 0. The fourth-order valence-corrected chi connectivity index (χ4v) is 7.62. The van der Waals surface area contributed by atoms with Crippen LogP contribution in [0.3, 0.4) is 0 Å². The quantitative estimate of drug-likeness (QED) is 0.0200. The fraction of sp³-hybridized carbons (Fsp3) is 0.867. The Labute approximate surface area is 351 Å². The monoisotopic (exact) mass is 847 g/mol. The summed E-state index contributed by atoms with van der Waals surface area (Å²) in [5.74, 6) is -2.04. The van der Waals surface area contributed by atoms with E-state index in [4.69, 9.17) is 18.9 Å². The standard InChI is InChI=1S/C45H82O12S/c1-3-5-7-9-11-12-13-14-15-16-17-18-19-20-21-22-23-24-25-26-28-29-31-33-40(46)54-35-38(56-41(47)34-32-30-27-10-8-6-4-2)36-55-45-44(50)43(49)42(48)39(57-45)37-58(51,52)53/h22-23,26,28,38-39,42-45,48-50H,3-21,24-25,27,29-37H2,1-2H3,(H,51,52,53)/b23-22+,28-26+/t38-,39+,42+,43?,44?,45-/m1/s1. The molecule has 1 saturated heterocycles. The highest BCUT2D eigenvalue weighted by Gasteiger charge is 2.46. The van der Waals surface area contributed by atoms with Crippen molar-refractivity contribution in [1.82, 2.24) is 0 Å². The average Bonchev–Trinajstić information content (AvgIpc) is 3.18. The Hall–Kier alpha value is -1.87. The summed E-state index contributed by atoms with van der Waals surface area (Å²) in [6.07, 6.45) is 30.0. The van der Waals surface area contributed by atoms with E-state index in [2.05, 4.69) is 38.2 Å². The third-order valence-electron chi connectivity index (χ3n) is 10.5. The van der Waals surface area contributed by atoms with Crippen LogP contribution in [0, 0.1) is 0 Å². The molecule has 4 N–H and O–H groups in total. The molecule has 0 aromatic carbocycles. The van der Waals surface area contributed by atoms with E-state index in [-0.39, 0.29) is 19.4 Å². The number of esters is 2. The lowest BCUT2D eigenvalue weighted by Gasteiger charge is -2.40. The number of hydrogen-bond acceptors (Lipinski definition) is 11. The molecule has 6 atom stereocenters. The third-order valence-corrected chi connectivity index (χ3v) is 11.3. The van der Waals surface area contributed by atoms with Crippen LogP contribution >= 0.6 is 0 Å². The number of hydrogen-bond donors (Lipinski definition) is 4. The summed E-state index contributed by atoms with van der Waals surface area (Å²) in [4.78, 5) is 25.2. The van der Waals surface area contributed by atoms with Crippen molar-refractivity contribution >= 4 is 22.1 Å². The van der Waals surface area contributed by atoms with Crippen LogP contribution in [0.25, 0.3) is 0 Å². The Balaban J connectivity index is 2.33. The van der Waals surface area contributed by atoms with Gasteiger partial charge in [0.05, 0.1) is 6.61 Å². The molecular formula is C45H82O12S. The molecule has 2 unspecified atom stereocenters. The summed E-state index contributed by atoms with van der Waals surface area (Å²) < 4.78 is 53.8. The molecule has 0 radical (unpaired) electrons. The van der Waals surface area contributed by atoms with Gasteiger partial charge in [0.15, 0.2) is 12.4 Å². The van der Waals surface area contributed by atoms with Crippen molar-refractivity contribution in [2.75, 3.05) is 19.0 Å². The third kappa shape index (κ3) is 30.2. The molecule has 0 aromatic rings. The van der Waals surface area contributed by atoms with Crippen LogP contribution in [-0.2, 0) is 38.7 Å². The van der Waals surface area contributed by atoms with Gasteiger partial charge < -0.3 is 34.3 Å². The lowest BCUT2D eigenvalue weighted by Crippen LogP contribution is -2.60. The minimum Gasteiger partial charge on any atom is -0.462 e. The Bertz CT molecular complexity index is 1180. The molecule has 340 valence electrons. The van der Waals surface area contributed by atoms with E-state index in [0.717, 1.165) is 51.4 Å². The molecule has 0 saturated carbocycles. The van der Waals surface area contributed by atoms with E-state index in [9.17, 15) is 37.9 Å². The first kappa shape index (κ1) is 54.1. The van der Waals surface area contributed by atoms with E-state index >= 15 is 0 Å². The van der Waals surface area contributed by atoms with Crippen molar-refractivity contribution in [1.29, 1.82) is 0 Å². The molecule has 1 fully saturated rings. The van der Waals surface area contributed by atoms with Crippen molar-refractivity contribution in [2.45, 2.75) is 230 Å². The zero-order valence-electron chi connectivity index (χ0n) is 36.2. The molecule has 1 aliphatic heterocycles. The molecule has 13 heteroatoms. The molecule has 0 aliphatic carbocycles. The number of ether oxygens (including phenoxy) is 4. The molecule has 0 aromatic heterocycles. The highest BCUT2D eigenvalue weighted by molar-refractivity contribution is 7.85. The molecular weight excluding hydrogens is 765 g/mol. The second kappa shape index (κ2) is 35.8. The maximum Gasteiger partial charge on any atom is 0.306 e. The first-order chi connectivity index (χ1) is 28.0. The maximum atomic E-state index is 12.7. The van der Waals surface area contributed by atoms with Crippen molar-refractivity contribution in [3.8, 4) is 0 Å². The number of carbonyl (C=O) groups excluding carboxylic acids is 2. The maximum absolute atomic E-state index is 12.7. The normalized spacial score (nSPS) is 20.6. The number of rotatable bonds is 38. The number of allylic oxidation sites excluding steroid dienone is 4. The summed E-state index contributed by atoms with van der Waals surface area (Å²) in [5.41, 5.74) is 0. The lowest BCUT2D eigenvalue weighted by atomic mass is 10.00. The van der Waals surface area contributed by atoms with Gasteiger partial charge in [-0.1, -0.05) is 160 Å². The van der Waals surface area contributed by atoms with E-state index in [0.29, 0.717) is 19.3 Å². The molecule has 0 bridgehead atoms. The smallest absolute Gasteiger partial charge is 0.306 e. The van der Waals surface area contributed by atoms with Gasteiger partial charge in [-0.3, -0.25) is 14.1 Å². The van der Waals surface area contributed by atoms with Gasteiger partial charge in [-0.25, -0.2) is 0 Å². The predicted molar refractivity (Wildman–Crippen MR) is 229 cm³/mol. The Morgan fingerprint density at radius 3 is 1.53 bits per heavy atom. The molecule has 1 aliphatic rings. The molecule has 12 nitrogen and oxygen atoms in total. The van der Waals surface area contributed by atoms with Gasteiger partial charge >= 0.3 is 11.9 Å². The summed E-state index contributed by atoms with van der Waals surface area (Å²) in [6.45, 7) is 3.67. The number of carbonyl (C=O) groups is 2. The van der Waals surface area contributed by atoms with E-state index in [1.54, 1.807) is 0 Å². The number of unbranched alkanes of at least 4 members (excludes halogenated alkanes) is 22. The van der Waals surface area contributed by atoms with Gasteiger partial charge in [-0.15, -0.1) is 0 Å². The Morgan fingerprint density at radius 1 is 0.569 bits per heavy atom.